The summed E-state index contributed by atoms with van der Waals surface area (Å²) in [6.45, 7) is 1.95. The van der Waals surface area contributed by atoms with Crippen molar-refractivity contribution in [2.75, 3.05) is 7.05 Å². The van der Waals surface area contributed by atoms with Crippen molar-refractivity contribution in [3.63, 3.8) is 0 Å². The van der Waals surface area contributed by atoms with Crippen LogP contribution in [0.15, 0.2) is 47.5 Å². The van der Waals surface area contributed by atoms with Gasteiger partial charge in [0.05, 0.1) is 12.0 Å². The predicted molar refractivity (Wildman–Crippen MR) is 80.3 cm³/mol. The number of benzene rings is 2. The molecule has 1 unspecified atom stereocenters. The fraction of sp³-hybridized carbons (Fsp3) is 0.250. The summed E-state index contributed by atoms with van der Waals surface area (Å²) >= 11 is 0. The number of carbonyl (C=O) groups excluding carboxylic acids is 1. The minimum atomic E-state index is -0.586. The summed E-state index contributed by atoms with van der Waals surface area (Å²) in [5.74, 6) is 0.269. The minimum absolute atomic E-state index is 0.00633. The molecule has 1 atom stereocenters. The number of nitrogens with zero attached hydrogens (tertiary/aromatic N) is 2. The first-order valence-corrected chi connectivity index (χ1v) is 6.61. The van der Waals surface area contributed by atoms with Crippen LogP contribution in [0.1, 0.15) is 18.9 Å². The first kappa shape index (κ1) is 12.7. The van der Waals surface area contributed by atoms with E-state index in [0.29, 0.717) is 6.42 Å². The van der Waals surface area contributed by atoms with E-state index in [1.165, 1.54) is 10.3 Å². The molecule has 0 saturated heterocycles. The zero-order valence-electron chi connectivity index (χ0n) is 11.6. The highest BCUT2D eigenvalue weighted by molar-refractivity contribution is 5.99. The van der Waals surface area contributed by atoms with Gasteiger partial charge in [-0.1, -0.05) is 36.4 Å². The maximum absolute atomic E-state index is 12.0. The van der Waals surface area contributed by atoms with Crippen LogP contribution in [0.3, 0.4) is 0 Å². The van der Waals surface area contributed by atoms with Crippen LogP contribution in [-0.2, 0) is 10.3 Å². The molecule has 0 aliphatic carbocycles. The fourth-order valence-corrected chi connectivity index (χ4v) is 2.60. The molecule has 1 aliphatic rings. The number of guanidine groups is 1. The number of hydrogen-bond donors (Lipinski definition) is 1. The van der Waals surface area contributed by atoms with Crippen LogP contribution in [0.4, 0.5) is 0 Å². The molecule has 0 saturated carbocycles. The largest absolute Gasteiger partial charge is 0.369 e. The van der Waals surface area contributed by atoms with E-state index in [9.17, 15) is 4.79 Å². The van der Waals surface area contributed by atoms with Gasteiger partial charge in [-0.3, -0.25) is 9.69 Å². The maximum Gasteiger partial charge on any atom is 0.231 e. The molecule has 4 heteroatoms. The Labute approximate surface area is 117 Å². The Balaban J connectivity index is 2.12. The van der Waals surface area contributed by atoms with Gasteiger partial charge in [-0.2, -0.15) is 0 Å². The van der Waals surface area contributed by atoms with Crippen LogP contribution in [0, 0.1) is 0 Å². The molecule has 102 valence electrons. The summed E-state index contributed by atoms with van der Waals surface area (Å²) in [5.41, 5.74) is 6.28. The highest BCUT2D eigenvalue weighted by Crippen LogP contribution is 2.34. The average Bonchev–Trinajstić information content (AvgIpc) is 2.44. The van der Waals surface area contributed by atoms with Crippen LogP contribution >= 0.6 is 0 Å². The molecule has 4 nitrogen and oxygen atoms in total. The van der Waals surface area contributed by atoms with Crippen molar-refractivity contribution in [1.82, 2.24) is 4.90 Å². The van der Waals surface area contributed by atoms with E-state index in [1.54, 1.807) is 7.05 Å². The zero-order chi connectivity index (χ0) is 14.3. The number of carbonyl (C=O) groups is 1. The Kier molecular flexibility index (Phi) is 2.74. The summed E-state index contributed by atoms with van der Waals surface area (Å²) in [5, 5.41) is 2.32. The number of amides is 1. The van der Waals surface area contributed by atoms with Crippen molar-refractivity contribution in [3.8, 4) is 0 Å². The molecule has 0 radical (unpaired) electrons. The molecule has 1 amide bonds. The molecule has 3 rings (SSSR count). The quantitative estimate of drug-likeness (QED) is 0.861. The second-order valence-corrected chi connectivity index (χ2v) is 5.44. The van der Waals surface area contributed by atoms with Gasteiger partial charge in [-0.05, 0) is 29.3 Å². The molecule has 0 fully saturated rings. The summed E-state index contributed by atoms with van der Waals surface area (Å²) in [6, 6.07) is 14.3. The molecule has 2 aromatic rings. The molecule has 2 N–H and O–H groups in total. The number of fused-ring (bicyclic) bond motifs is 1. The zero-order valence-corrected chi connectivity index (χ0v) is 11.6. The first-order chi connectivity index (χ1) is 9.49. The van der Waals surface area contributed by atoms with Gasteiger partial charge in [0.2, 0.25) is 5.91 Å². The van der Waals surface area contributed by atoms with Crippen molar-refractivity contribution >= 4 is 22.6 Å². The van der Waals surface area contributed by atoms with Gasteiger partial charge in [0.1, 0.15) is 0 Å². The van der Waals surface area contributed by atoms with Crippen LogP contribution in [-0.4, -0.2) is 23.8 Å². The summed E-state index contributed by atoms with van der Waals surface area (Å²) in [6.07, 6.45) is 0.336. The summed E-state index contributed by atoms with van der Waals surface area (Å²) < 4.78 is 0. The van der Waals surface area contributed by atoms with Gasteiger partial charge >= 0.3 is 0 Å². The van der Waals surface area contributed by atoms with Crippen LogP contribution in [0.5, 0.6) is 0 Å². The van der Waals surface area contributed by atoms with Crippen LogP contribution in [0.25, 0.3) is 10.8 Å². The Morgan fingerprint density at radius 3 is 2.60 bits per heavy atom. The Hall–Kier alpha value is -2.36. The average molecular weight is 267 g/mol. The number of hydrogen-bond acceptors (Lipinski definition) is 3. The van der Waals surface area contributed by atoms with Crippen molar-refractivity contribution < 1.29 is 4.79 Å². The third-order valence-electron chi connectivity index (χ3n) is 3.95. The Bertz CT molecular complexity index is 722. The number of nitrogens with two attached hydrogens (primary N) is 1. The molecule has 20 heavy (non-hydrogen) atoms. The second-order valence-electron chi connectivity index (χ2n) is 5.44. The molecule has 1 heterocycles. The van der Waals surface area contributed by atoms with Gasteiger partial charge < -0.3 is 5.73 Å². The Morgan fingerprint density at radius 1 is 1.20 bits per heavy atom. The van der Waals surface area contributed by atoms with Crippen LogP contribution < -0.4 is 5.73 Å². The van der Waals surface area contributed by atoms with Gasteiger partial charge in [-0.25, -0.2) is 4.99 Å². The van der Waals surface area contributed by atoms with Gasteiger partial charge in [-0.15, -0.1) is 0 Å². The van der Waals surface area contributed by atoms with Crippen molar-refractivity contribution in [1.29, 1.82) is 0 Å². The minimum Gasteiger partial charge on any atom is -0.369 e. The van der Waals surface area contributed by atoms with E-state index in [-0.39, 0.29) is 11.9 Å². The van der Waals surface area contributed by atoms with Crippen LogP contribution in [0.2, 0.25) is 0 Å². The second kappa shape index (κ2) is 4.34. The van der Waals surface area contributed by atoms with E-state index < -0.39 is 5.54 Å². The fourth-order valence-electron chi connectivity index (χ4n) is 2.60. The van der Waals surface area contributed by atoms with Crippen molar-refractivity contribution in [2.24, 2.45) is 10.7 Å². The summed E-state index contributed by atoms with van der Waals surface area (Å²) in [7, 11) is 1.65. The molecular formula is C16H17N3O. The van der Waals surface area contributed by atoms with E-state index >= 15 is 0 Å². The van der Waals surface area contributed by atoms with Gasteiger partial charge in [0.25, 0.3) is 0 Å². The SMILES string of the molecule is CN1C(=O)CC(C)(c2ccc3ccccc3c2)N=C1N. The van der Waals surface area contributed by atoms with Crippen molar-refractivity contribution in [3.05, 3.63) is 48.0 Å². The molecule has 0 spiro atoms. The molecule has 2 aromatic carbocycles. The lowest BCUT2D eigenvalue weighted by Gasteiger charge is -2.33. The number of rotatable bonds is 1. The first-order valence-electron chi connectivity index (χ1n) is 6.61. The molecular weight excluding hydrogens is 250 g/mol. The predicted octanol–water partition coefficient (Wildman–Crippen LogP) is 2.23. The van der Waals surface area contributed by atoms with E-state index in [0.717, 1.165) is 10.9 Å². The molecule has 0 aromatic heterocycles. The lowest BCUT2D eigenvalue weighted by Crippen LogP contribution is -2.47. The van der Waals surface area contributed by atoms with E-state index in [1.807, 2.05) is 25.1 Å². The Morgan fingerprint density at radius 2 is 1.90 bits per heavy atom. The highest BCUT2D eigenvalue weighted by Gasteiger charge is 2.36. The summed E-state index contributed by atoms with van der Waals surface area (Å²) in [4.78, 5) is 17.9. The molecule has 1 aliphatic heterocycles. The third-order valence-corrected chi connectivity index (χ3v) is 3.95. The lowest BCUT2D eigenvalue weighted by atomic mass is 9.86. The van der Waals surface area contributed by atoms with Gasteiger partial charge in [0, 0.05) is 7.05 Å². The lowest BCUT2D eigenvalue weighted by molar-refractivity contribution is -0.128. The third kappa shape index (κ3) is 1.93. The van der Waals surface area contributed by atoms with Crippen molar-refractivity contribution in [2.45, 2.75) is 18.9 Å². The molecule has 0 bridgehead atoms. The smallest absolute Gasteiger partial charge is 0.231 e. The topological polar surface area (TPSA) is 58.7 Å². The van der Waals surface area contributed by atoms with E-state index in [4.69, 9.17) is 5.73 Å². The van der Waals surface area contributed by atoms with Gasteiger partial charge in [0.15, 0.2) is 5.96 Å². The monoisotopic (exact) mass is 267 g/mol. The standard InChI is InChI=1S/C16H17N3O/c1-16(10-14(20)19(2)15(17)18-16)13-8-7-11-5-3-4-6-12(11)9-13/h3-9H,10H2,1-2H3,(H2,17,18). The maximum atomic E-state index is 12.0. The normalized spacial score (nSPS) is 23.0. The van der Waals surface area contributed by atoms with E-state index in [2.05, 4.69) is 29.3 Å². The highest BCUT2D eigenvalue weighted by atomic mass is 16.2. The number of aliphatic imine (C=N–C) groups is 1.